The zero-order valence-electron chi connectivity index (χ0n) is 10.7. The van der Waals surface area contributed by atoms with E-state index >= 15 is 0 Å². The van der Waals surface area contributed by atoms with Gasteiger partial charge >= 0.3 is 0 Å². The first kappa shape index (κ1) is 13.6. The van der Waals surface area contributed by atoms with Gasteiger partial charge in [0.2, 0.25) is 0 Å². The molecular weight excluding hydrogens is 251 g/mol. The smallest absolute Gasteiger partial charge is 0.128 e. The molecule has 0 aliphatic carbocycles. The molecule has 4 heteroatoms. The first-order valence-corrected chi connectivity index (χ1v) is 5.91. The van der Waals surface area contributed by atoms with Gasteiger partial charge in [0, 0.05) is 5.56 Å². The topological polar surface area (TPSA) is 12.0 Å². The molecule has 0 aromatic heterocycles. The number of rotatable bonds is 3. The van der Waals surface area contributed by atoms with E-state index in [1.54, 1.807) is 13.1 Å². The second-order valence-electron chi connectivity index (χ2n) is 4.40. The summed E-state index contributed by atoms with van der Waals surface area (Å²) in [5, 5.41) is 2.88. The minimum Gasteiger partial charge on any atom is -0.309 e. The predicted octanol–water partition coefficient (Wildman–Crippen LogP) is 3.72. The average Bonchev–Trinajstić information content (AvgIpc) is 2.36. The molecular formula is C15H14F3N. The SMILES string of the molecule is CNC(c1cccc(F)c1)c1cc(F)c(C)cc1F. The Kier molecular flexibility index (Phi) is 3.90. The zero-order valence-corrected chi connectivity index (χ0v) is 10.7. The van der Waals surface area contributed by atoms with Crippen LogP contribution in [0.3, 0.4) is 0 Å². The number of halogens is 3. The average molecular weight is 265 g/mol. The molecule has 0 bridgehead atoms. The summed E-state index contributed by atoms with van der Waals surface area (Å²) in [5.41, 5.74) is 0.955. The second kappa shape index (κ2) is 5.45. The molecule has 1 unspecified atom stereocenters. The van der Waals surface area contributed by atoms with Gasteiger partial charge in [0.15, 0.2) is 0 Å². The molecule has 1 nitrogen and oxygen atoms in total. The number of benzene rings is 2. The fraction of sp³-hybridized carbons (Fsp3) is 0.200. The molecule has 1 N–H and O–H groups in total. The van der Waals surface area contributed by atoms with Crippen LogP contribution in [0.25, 0.3) is 0 Å². The summed E-state index contributed by atoms with van der Waals surface area (Å²) >= 11 is 0. The van der Waals surface area contributed by atoms with Crippen LogP contribution in [0.1, 0.15) is 22.7 Å². The molecule has 0 fully saturated rings. The van der Waals surface area contributed by atoms with Crippen LogP contribution in [0.4, 0.5) is 13.2 Å². The van der Waals surface area contributed by atoms with Crippen molar-refractivity contribution in [1.29, 1.82) is 0 Å². The Morgan fingerprint density at radius 3 is 2.37 bits per heavy atom. The molecule has 0 aliphatic rings. The van der Waals surface area contributed by atoms with Crippen LogP contribution < -0.4 is 5.32 Å². The van der Waals surface area contributed by atoms with Gasteiger partial charge in [-0.1, -0.05) is 12.1 Å². The van der Waals surface area contributed by atoms with Crippen molar-refractivity contribution in [3.63, 3.8) is 0 Å². The molecule has 1 atom stereocenters. The van der Waals surface area contributed by atoms with Crippen LogP contribution in [0.2, 0.25) is 0 Å². The van der Waals surface area contributed by atoms with Gasteiger partial charge in [-0.15, -0.1) is 0 Å². The first-order valence-electron chi connectivity index (χ1n) is 5.91. The lowest BCUT2D eigenvalue weighted by molar-refractivity contribution is 0.551. The molecule has 0 heterocycles. The third-order valence-corrected chi connectivity index (χ3v) is 3.06. The van der Waals surface area contributed by atoms with Gasteiger partial charge in [-0.05, 0) is 49.4 Å². The van der Waals surface area contributed by atoms with Crippen LogP contribution >= 0.6 is 0 Å². The molecule has 0 saturated heterocycles. The van der Waals surface area contributed by atoms with E-state index in [1.807, 2.05) is 0 Å². The van der Waals surface area contributed by atoms with E-state index in [9.17, 15) is 13.2 Å². The summed E-state index contributed by atoms with van der Waals surface area (Å²) in [6.45, 7) is 1.50. The number of aryl methyl sites for hydroxylation is 1. The maximum Gasteiger partial charge on any atom is 0.128 e. The number of hydrogen-bond donors (Lipinski definition) is 1. The molecule has 19 heavy (non-hydrogen) atoms. The molecule has 2 aromatic rings. The van der Waals surface area contributed by atoms with E-state index in [4.69, 9.17) is 0 Å². The molecule has 2 rings (SSSR count). The zero-order chi connectivity index (χ0) is 14.0. The van der Waals surface area contributed by atoms with Crippen LogP contribution in [0.5, 0.6) is 0 Å². The van der Waals surface area contributed by atoms with Crippen molar-refractivity contribution in [2.75, 3.05) is 7.05 Å². The van der Waals surface area contributed by atoms with Crippen molar-refractivity contribution in [1.82, 2.24) is 5.32 Å². The van der Waals surface area contributed by atoms with E-state index < -0.39 is 23.5 Å². The highest BCUT2D eigenvalue weighted by Gasteiger charge is 2.18. The largest absolute Gasteiger partial charge is 0.309 e. The summed E-state index contributed by atoms with van der Waals surface area (Å²) in [5.74, 6) is -1.40. The Labute approximate surface area is 110 Å². The summed E-state index contributed by atoms with van der Waals surface area (Å²) in [4.78, 5) is 0. The molecule has 100 valence electrons. The van der Waals surface area contributed by atoms with E-state index in [2.05, 4.69) is 5.32 Å². The predicted molar refractivity (Wildman–Crippen MR) is 68.4 cm³/mol. The molecule has 2 aromatic carbocycles. The summed E-state index contributed by atoms with van der Waals surface area (Å²) < 4.78 is 40.8. The second-order valence-corrected chi connectivity index (χ2v) is 4.40. The van der Waals surface area contributed by atoms with Crippen LogP contribution in [-0.4, -0.2) is 7.05 Å². The molecule has 0 radical (unpaired) electrons. The van der Waals surface area contributed by atoms with E-state index in [0.29, 0.717) is 5.56 Å². The number of hydrogen-bond acceptors (Lipinski definition) is 1. The third kappa shape index (κ3) is 2.79. The minimum absolute atomic E-state index is 0.163. The van der Waals surface area contributed by atoms with Gasteiger partial charge in [-0.3, -0.25) is 0 Å². The standard InChI is InChI=1S/C15H14F3N/c1-9-6-14(18)12(8-13(9)17)15(19-2)10-4-3-5-11(16)7-10/h3-8,15,19H,1-2H3. The van der Waals surface area contributed by atoms with Crippen LogP contribution in [0, 0.1) is 24.4 Å². The van der Waals surface area contributed by atoms with Gasteiger partial charge in [-0.2, -0.15) is 0 Å². The summed E-state index contributed by atoms with van der Waals surface area (Å²) in [6.07, 6.45) is 0. The van der Waals surface area contributed by atoms with Crippen molar-refractivity contribution in [2.24, 2.45) is 0 Å². The normalized spacial score (nSPS) is 12.5. The quantitative estimate of drug-likeness (QED) is 0.891. The molecule has 0 amide bonds. The van der Waals surface area contributed by atoms with E-state index in [-0.39, 0.29) is 11.1 Å². The molecule has 0 spiro atoms. The van der Waals surface area contributed by atoms with Gasteiger partial charge < -0.3 is 5.32 Å². The van der Waals surface area contributed by atoms with Crippen molar-refractivity contribution in [3.8, 4) is 0 Å². The maximum absolute atomic E-state index is 14.0. The lowest BCUT2D eigenvalue weighted by Crippen LogP contribution is -2.19. The summed E-state index contributed by atoms with van der Waals surface area (Å²) in [7, 11) is 1.62. The van der Waals surface area contributed by atoms with Crippen molar-refractivity contribution in [3.05, 3.63) is 70.5 Å². The molecule has 0 aliphatic heterocycles. The van der Waals surface area contributed by atoms with Crippen molar-refractivity contribution < 1.29 is 13.2 Å². The van der Waals surface area contributed by atoms with Gasteiger partial charge in [0.25, 0.3) is 0 Å². The molecule has 0 saturated carbocycles. The Morgan fingerprint density at radius 1 is 1.00 bits per heavy atom. The van der Waals surface area contributed by atoms with E-state index in [1.165, 1.54) is 25.1 Å². The third-order valence-electron chi connectivity index (χ3n) is 3.06. The maximum atomic E-state index is 14.0. The van der Waals surface area contributed by atoms with Crippen molar-refractivity contribution in [2.45, 2.75) is 13.0 Å². The highest BCUT2D eigenvalue weighted by molar-refractivity contribution is 5.35. The fourth-order valence-corrected chi connectivity index (χ4v) is 2.07. The highest BCUT2D eigenvalue weighted by Crippen LogP contribution is 2.26. The Hall–Kier alpha value is -1.81. The highest BCUT2D eigenvalue weighted by atomic mass is 19.1. The van der Waals surface area contributed by atoms with Crippen LogP contribution in [0.15, 0.2) is 36.4 Å². The van der Waals surface area contributed by atoms with E-state index in [0.717, 1.165) is 12.1 Å². The number of nitrogens with one attached hydrogen (secondary N) is 1. The lowest BCUT2D eigenvalue weighted by atomic mass is 9.97. The van der Waals surface area contributed by atoms with Crippen LogP contribution in [-0.2, 0) is 0 Å². The van der Waals surface area contributed by atoms with Gasteiger partial charge in [0.1, 0.15) is 17.5 Å². The van der Waals surface area contributed by atoms with Crippen molar-refractivity contribution >= 4 is 0 Å². The monoisotopic (exact) mass is 265 g/mol. The minimum atomic E-state index is -0.592. The fourth-order valence-electron chi connectivity index (χ4n) is 2.07. The first-order chi connectivity index (χ1) is 9.02. The summed E-state index contributed by atoms with van der Waals surface area (Å²) in [6, 6.07) is 7.52. The van der Waals surface area contributed by atoms with Gasteiger partial charge in [-0.25, -0.2) is 13.2 Å². The Bertz CT molecular complexity index is 596. The Balaban J connectivity index is 2.51. The lowest BCUT2D eigenvalue weighted by Gasteiger charge is -2.18. The Morgan fingerprint density at radius 2 is 1.74 bits per heavy atom. The van der Waals surface area contributed by atoms with Gasteiger partial charge in [0.05, 0.1) is 6.04 Å².